The summed E-state index contributed by atoms with van der Waals surface area (Å²) in [6.07, 6.45) is 9.02. The van der Waals surface area contributed by atoms with Crippen molar-refractivity contribution < 1.29 is 57.8 Å². The lowest BCUT2D eigenvalue weighted by molar-refractivity contribution is -0.152. The molecular formula is C46H62N2O12. The maximum absolute atomic E-state index is 12.2. The van der Waals surface area contributed by atoms with Crippen LogP contribution in [0.3, 0.4) is 0 Å². The van der Waals surface area contributed by atoms with Crippen molar-refractivity contribution in [3.8, 4) is 23.0 Å². The summed E-state index contributed by atoms with van der Waals surface area (Å²) in [5.41, 5.74) is 5.05. The number of hydrogen-bond donors (Lipinski definition) is 2. The lowest BCUT2D eigenvalue weighted by Crippen LogP contribution is -2.49. The Balaban J connectivity index is 0.000000200. The van der Waals surface area contributed by atoms with Crippen molar-refractivity contribution in [1.82, 2.24) is 9.80 Å². The number of methoxy groups -OCH3 is 4. The van der Waals surface area contributed by atoms with Crippen LogP contribution >= 0.6 is 0 Å². The minimum atomic E-state index is -1.16. The third-order valence-corrected chi connectivity index (χ3v) is 11.9. The molecule has 14 heteroatoms. The Bertz CT molecular complexity index is 1890. The average Bonchev–Trinajstić information content (AvgIpc) is 3.61. The maximum atomic E-state index is 12.2. The van der Waals surface area contributed by atoms with E-state index in [0.29, 0.717) is 36.0 Å². The highest BCUT2D eigenvalue weighted by molar-refractivity contribution is 6.04. The van der Waals surface area contributed by atoms with E-state index in [2.05, 4.69) is 54.4 Å². The van der Waals surface area contributed by atoms with E-state index in [1.54, 1.807) is 28.4 Å². The molecule has 2 N–H and O–H groups in total. The van der Waals surface area contributed by atoms with Gasteiger partial charge in [0.05, 0.1) is 34.5 Å². The molecule has 0 bridgehead atoms. The molecule has 60 heavy (non-hydrogen) atoms. The molecule has 7 rings (SSSR count). The van der Waals surface area contributed by atoms with Crippen molar-refractivity contribution >= 4 is 23.9 Å². The third kappa shape index (κ3) is 11.7. The summed E-state index contributed by atoms with van der Waals surface area (Å²) in [6.45, 7) is 12.7. The van der Waals surface area contributed by atoms with Gasteiger partial charge in [-0.25, -0.2) is 19.2 Å². The number of fused-ring (bicyclic) bond motifs is 6. The Hall–Kier alpha value is -4.92. The highest BCUT2D eigenvalue weighted by Gasteiger charge is 2.42. The van der Waals surface area contributed by atoms with Crippen LogP contribution in [-0.2, 0) is 41.5 Å². The van der Waals surface area contributed by atoms with E-state index in [0.717, 1.165) is 99.8 Å². The first-order valence-electron chi connectivity index (χ1n) is 20.9. The molecule has 5 heterocycles. The first-order chi connectivity index (χ1) is 28.6. The number of rotatable bonds is 11. The molecule has 2 fully saturated rings. The van der Waals surface area contributed by atoms with Crippen molar-refractivity contribution in [3.05, 3.63) is 70.8 Å². The van der Waals surface area contributed by atoms with Gasteiger partial charge in [-0.2, -0.15) is 0 Å². The van der Waals surface area contributed by atoms with Crippen LogP contribution in [-0.4, -0.2) is 111 Å². The predicted molar refractivity (Wildman–Crippen MR) is 223 cm³/mol. The van der Waals surface area contributed by atoms with Crippen LogP contribution in [0, 0.1) is 23.7 Å². The Kier molecular flexibility index (Phi) is 16.2. The van der Waals surface area contributed by atoms with Gasteiger partial charge in [0.1, 0.15) is 6.10 Å². The van der Waals surface area contributed by atoms with Crippen molar-refractivity contribution in [2.45, 2.75) is 90.5 Å². The second-order valence-electron chi connectivity index (χ2n) is 16.9. The number of nitrogens with zero attached hydrogens (tertiary/aromatic N) is 2. The molecule has 2 aromatic carbocycles. The molecule has 0 amide bonds. The number of aliphatic carboxylic acids is 1. The summed E-state index contributed by atoms with van der Waals surface area (Å²) in [7, 11) is 6.62. The van der Waals surface area contributed by atoms with Crippen molar-refractivity contribution in [1.29, 1.82) is 0 Å². The van der Waals surface area contributed by atoms with Crippen LogP contribution in [0.1, 0.15) is 87.7 Å². The van der Waals surface area contributed by atoms with E-state index in [1.165, 1.54) is 22.3 Å². The first kappa shape index (κ1) is 46.2. The van der Waals surface area contributed by atoms with Gasteiger partial charge in [0.25, 0.3) is 0 Å². The standard InChI is InChI=1S/C23H31NO6.C19H29NO3.C4H2O3/c1-14(2)9-16-13-24-8-7-15-10-20(28-3)21(29-4)11-17(15)18(24)12-19(16)30-23(27)6-5-22(25)26;1-12(2)7-14-11-20-6-5-13-8-18(22-3)19(23-4)9-15(13)16(20)10-17(14)21;5-3-1-2-4(6)7-3/h5-6,10-11,14,16,18-19H,7-9,12-13H2,1-4H3,(H,25,26);8-9,12,14,16-17,21H,5-7,10-11H2,1-4H3;1-2H/b6-5-;;/t16-,18-,19-;14-,16-,17-;/m11./s1. The number of esters is 3. The quantitative estimate of drug-likeness (QED) is 0.156. The van der Waals surface area contributed by atoms with Crippen molar-refractivity contribution in [3.63, 3.8) is 0 Å². The predicted octanol–water partition coefficient (Wildman–Crippen LogP) is 5.88. The molecule has 2 saturated heterocycles. The monoisotopic (exact) mass is 834 g/mol. The second-order valence-corrected chi connectivity index (χ2v) is 16.9. The molecule has 5 aliphatic rings. The van der Waals surface area contributed by atoms with E-state index in [9.17, 15) is 24.3 Å². The van der Waals surface area contributed by atoms with E-state index >= 15 is 0 Å². The number of hydrogen-bond acceptors (Lipinski definition) is 13. The highest BCUT2D eigenvalue weighted by Crippen LogP contribution is 2.45. The van der Waals surface area contributed by atoms with Gasteiger partial charge in [-0.3, -0.25) is 9.80 Å². The summed E-state index contributed by atoms with van der Waals surface area (Å²) in [5, 5.41) is 19.4. The first-order valence-corrected chi connectivity index (χ1v) is 20.9. The summed E-state index contributed by atoms with van der Waals surface area (Å²) in [6, 6.07) is 8.73. The summed E-state index contributed by atoms with van der Waals surface area (Å²) in [5.74, 6) is 1.79. The molecule has 2 aromatic rings. The number of carboxylic acid groups (broad SMARTS) is 1. The van der Waals surface area contributed by atoms with Gasteiger partial charge in [0.2, 0.25) is 0 Å². The normalized spacial score (nSPS) is 24.4. The van der Waals surface area contributed by atoms with Gasteiger partial charge in [0, 0.05) is 74.9 Å². The van der Waals surface area contributed by atoms with Gasteiger partial charge in [-0.1, -0.05) is 27.7 Å². The van der Waals surface area contributed by atoms with Crippen LogP contribution in [0.5, 0.6) is 23.0 Å². The Morgan fingerprint density at radius 1 is 0.717 bits per heavy atom. The Labute approximate surface area is 353 Å². The van der Waals surface area contributed by atoms with Gasteiger partial charge >= 0.3 is 23.9 Å². The molecule has 0 unspecified atom stereocenters. The lowest BCUT2D eigenvalue weighted by Gasteiger charge is -2.47. The summed E-state index contributed by atoms with van der Waals surface area (Å²) < 4.78 is 31.6. The maximum Gasteiger partial charge on any atom is 0.338 e. The number of carbonyl (C=O) groups is 4. The molecule has 14 nitrogen and oxygen atoms in total. The number of benzene rings is 2. The van der Waals surface area contributed by atoms with Crippen LogP contribution in [0.15, 0.2) is 48.6 Å². The SMILES string of the molecule is COc1cc2c(cc1OC)[C@H]1C[C@@H](O)[C@H](CC(C)C)CN1CC2.COc1cc2c(cc1OC)[C@H]1C[C@@H](OC(=O)/C=C\C(=O)O)[C@H](CC(C)C)CN1CC2.O=C1C=CC(=O)O1. The van der Waals surface area contributed by atoms with Crippen LogP contribution in [0.25, 0.3) is 0 Å². The molecule has 5 aliphatic heterocycles. The fourth-order valence-electron chi connectivity index (χ4n) is 9.27. The van der Waals surface area contributed by atoms with E-state index < -0.39 is 23.9 Å². The van der Waals surface area contributed by atoms with Gasteiger partial charge < -0.3 is 38.6 Å². The largest absolute Gasteiger partial charge is 0.493 e. The number of piperidine rings is 2. The second kappa shape index (κ2) is 21.0. The molecule has 0 spiro atoms. The van der Waals surface area contributed by atoms with Crippen LogP contribution < -0.4 is 18.9 Å². The van der Waals surface area contributed by atoms with Gasteiger partial charge in [-0.15, -0.1) is 0 Å². The van der Waals surface area contributed by atoms with E-state index in [-0.39, 0.29) is 24.2 Å². The van der Waals surface area contributed by atoms with Crippen LogP contribution in [0.2, 0.25) is 0 Å². The van der Waals surface area contributed by atoms with Crippen molar-refractivity contribution in [2.24, 2.45) is 23.7 Å². The minimum absolute atomic E-state index is 0.123. The Morgan fingerprint density at radius 2 is 1.17 bits per heavy atom. The average molecular weight is 835 g/mol. The number of cyclic esters (lactones) is 2. The fraction of sp³-hybridized carbons (Fsp3) is 0.565. The number of aliphatic hydroxyl groups is 1. The zero-order valence-corrected chi connectivity index (χ0v) is 36.2. The molecule has 328 valence electrons. The molecule has 0 aromatic heterocycles. The molecule has 0 radical (unpaired) electrons. The molecule has 0 aliphatic carbocycles. The molecule has 0 saturated carbocycles. The molecular weight excluding hydrogens is 773 g/mol. The van der Waals surface area contributed by atoms with E-state index in [1.807, 2.05) is 12.1 Å². The highest BCUT2D eigenvalue weighted by atomic mass is 16.6. The van der Waals surface area contributed by atoms with E-state index in [4.69, 9.17) is 28.8 Å². The third-order valence-electron chi connectivity index (χ3n) is 11.9. The van der Waals surface area contributed by atoms with Gasteiger partial charge in [-0.05, 0) is 96.4 Å². The van der Waals surface area contributed by atoms with Crippen molar-refractivity contribution in [2.75, 3.05) is 54.6 Å². The number of carbonyl (C=O) groups excluding carboxylic acids is 3. The fourth-order valence-corrected chi connectivity index (χ4v) is 9.27. The zero-order chi connectivity index (χ0) is 43.7. The summed E-state index contributed by atoms with van der Waals surface area (Å²) in [4.78, 5) is 47.8. The minimum Gasteiger partial charge on any atom is -0.493 e. The number of carboxylic acids is 1. The Morgan fingerprint density at radius 3 is 1.60 bits per heavy atom. The number of ether oxygens (including phenoxy) is 6. The number of aliphatic hydroxyl groups excluding tert-OH is 1. The smallest absolute Gasteiger partial charge is 0.338 e. The van der Waals surface area contributed by atoms with Gasteiger partial charge in [0.15, 0.2) is 23.0 Å². The molecule has 6 atom stereocenters. The topological polar surface area (TPSA) is 171 Å². The zero-order valence-electron chi connectivity index (χ0n) is 36.2. The summed E-state index contributed by atoms with van der Waals surface area (Å²) >= 11 is 0. The van der Waals surface area contributed by atoms with Crippen LogP contribution in [0.4, 0.5) is 0 Å². The lowest BCUT2D eigenvalue weighted by atomic mass is 9.79.